The highest BCUT2D eigenvalue weighted by molar-refractivity contribution is 5.93. The van der Waals surface area contributed by atoms with Crippen molar-refractivity contribution in [2.24, 2.45) is 0 Å². The zero-order chi connectivity index (χ0) is 12.8. The Hall–Kier alpha value is -1.86. The largest absolute Gasteiger partial charge is 0.369 e. The highest BCUT2D eigenvalue weighted by Crippen LogP contribution is 2.13. The third-order valence-electron chi connectivity index (χ3n) is 2.30. The monoisotopic (exact) mass is 232 g/mol. The molecule has 0 saturated heterocycles. The Labute approximate surface area is 101 Å². The Morgan fingerprint density at radius 2 is 2.00 bits per heavy atom. The summed E-state index contributed by atoms with van der Waals surface area (Å²) in [5, 5.41) is 8.67. The minimum Gasteiger partial charge on any atom is -0.369 e. The van der Waals surface area contributed by atoms with E-state index in [1.807, 2.05) is 19.9 Å². The number of amides is 1. The standard InChI is InChI=1S/C13H16N2O2/c1-10(2)17-9-13(16)15(3)12-6-4-11(8-14)5-7-12/h4-7,10H,9H2,1-3H3. The minimum atomic E-state index is -0.108. The predicted molar refractivity (Wildman–Crippen MR) is 65.7 cm³/mol. The van der Waals surface area contributed by atoms with E-state index in [4.69, 9.17) is 10.00 Å². The van der Waals surface area contributed by atoms with Crippen LogP contribution in [-0.4, -0.2) is 25.7 Å². The SMILES string of the molecule is CC(C)OCC(=O)N(C)c1ccc(C#N)cc1. The third-order valence-corrected chi connectivity index (χ3v) is 2.30. The topological polar surface area (TPSA) is 53.3 Å². The van der Waals surface area contributed by atoms with Gasteiger partial charge in [0.2, 0.25) is 0 Å². The first-order valence-corrected chi connectivity index (χ1v) is 5.43. The summed E-state index contributed by atoms with van der Waals surface area (Å²) in [5.74, 6) is -0.108. The predicted octanol–water partition coefficient (Wildman–Crippen LogP) is 1.95. The van der Waals surface area contributed by atoms with E-state index in [1.165, 1.54) is 4.90 Å². The number of hydrogen-bond donors (Lipinski definition) is 0. The van der Waals surface area contributed by atoms with Gasteiger partial charge >= 0.3 is 0 Å². The van der Waals surface area contributed by atoms with Gasteiger partial charge < -0.3 is 9.64 Å². The Morgan fingerprint density at radius 1 is 1.41 bits per heavy atom. The molecule has 1 aromatic rings. The molecule has 0 N–H and O–H groups in total. The summed E-state index contributed by atoms with van der Waals surface area (Å²) < 4.78 is 5.25. The number of ether oxygens (including phenoxy) is 1. The number of likely N-dealkylation sites (N-methyl/N-ethyl adjacent to an activating group) is 1. The molecule has 0 radical (unpaired) electrons. The molecule has 0 saturated carbocycles. The van der Waals surface area contributed by atoms with Crippen LogP contribution in [0.4, 0.5) is 5.69 Å². The molecule has 0 fully saturated rings. The molecule has 0 aliphatic rings. The van der Waals surface area contributed by atoms with Gasteiger partial charge in [-0.25, -0.2) is 0 Å². The molecule has 4 heteroatoms. The second-order valence-corrected chi connectivity index (χ2v) is 3.97. The third kappa shape index (κ3) is 3.89. The fourth-order valence-electron chi connectivity index (χ4n) is 1.24. The second kappa shape index (κ2) is 6.02. The molecular formula is C13H16N2O2. The lowest BCUT2D eigenvalue weighted by Crippen LogP contribution is -2.31. The minimum absolute atomic E-state index is 0.0355. The Morgan fingerprint density at radius 3 is 2.47 bits per heavy atom. The van der Waals surface area contributed by atoms with E-state index in [1.54, 1.807) is 31.3 Å². The van der Waals surface area contributed by atoms with Gasteiger partial charge in [0.25, 0.3) is 5.91 Å². The summed E-state index contributed by atoms with van der Waals surface area (Å²) in [7, 11) is 1.69. The maximum atomic E-state index is 11.7. The van der Waals surface area contributed by atoms with Crippen LogP contribution in [0.25, 0.3) is 0 Å². The smallest absolute Gasteiger partial charge is 0.252 e. The van der Waals surface area contributed by atoms with Crippen LogP contribution < -0.4 is 4.90 Å². The van der Waals surface area contributed by atoms with Crippen LogP contribution in [0, 0.1) is 11.3 Å². The number of carbonyl (C=O) groups is 1. The van der Waals surface area contributed by atoms with Crippen LogP contribution in [0.5, 0.6) is 0 Å². The van der Waals surface area contributed by atoms with Crippen molar-refractivity contribution in [3.05, 3.63) is 29.8 Å². The number of rotatable bonds is 4. The van der Waals surface area contributed by atoms with Crippen molar-refractivity contribution in [2.75, 3.05) is 18.6 Å². The molecular weight excluding hydrogens is 216 g/mol. The van der Waals surface area contributed by atoms with Crippen molar-refractivity contribution in [3.8, 4) is 6.07 Å². The quantitative estimate of drug-likeness (QED) is 0.797. The Bertz CT molecular complexity index is 418. The van der Waals surface area contributed by atoms with Crippen molar-refractivity contribution in [3.63, 3.8) is 0 Å². The molecule has 90 valence electrons. The van der Waals surface area contributed by atoms with Gasteiger partial charge in [-0.15, -0.1) is 0 Å². The molecule has 0 bridgehead atoms. The van der Waals surface area contributed by atoms with Crippen molar-refractivity contribution in [1.29, 1.82) is 5.26 Å². The van der Waals surface area contributed by atoms with Gasteiger partial charge in [0, 0.05) is 12.7 Å². The van der Waals surface area contributed by atoms with Gasteiger partial charge in [-0.05, 0) is 38.1 Å². The summed E-state index contributed by atoms with van der Waals surface area (Å²) in [6.07, 6.45) is 0.0355. The molecule has 0 spiro atoms. The average Bonchev–Trinajstić information content (AvgIpc) is 2.35. The fraction of sp³-hybridized carbons (Fsp3) is 0.385. The zero-order valence-corrected chi connectivity index (χ0v) is 10.3. The lowest BCUT2D eigenvalue weighted by molar-refractivity contribution is -0.124. The first-order chi connectivity index (χ1) is 8.04. The number of nitriles is 1. The van der Waals surface area contributed by atoms with Crippen molar-refractivity contribution < 1.29 is 9.53 Å². The maximum absolute atomic E-state index is 11.7. The molecule has 0 heterocycles. The molecule has 0 aromatic heterocycles. The molecule has 0 atom stereocenters. The summed E-state index contributed by atoms with van der Waals surface area (Å²) in [6, 6.07) is 8.88. The fourth-order valence-corrected chi connectivity index (χ4v) is 1.24. The van der Waals surface area contributed by atoms with Crippen molar-refractivity contribution in [1.82, 2.24) is 0 Å². The number of benzene rings is 1. The molecule has 0 unspecified atom stereocenters. The molecule has 1 rings (SSSR count). The summed E-state index contributed by atoms with van der Waals surface area (Å²) in [6.45, 7) is 3.83. The molecule has 1 aromatic carbocycles. The van der Waals surface area contributed by atoms with Gasteiger partial charge in [0.05, 0.1) is 17.7 Å². The average molecular weight is 232 g/mol. The van der Waals surface area contributed by atoms with Crippen molar-refractivity contribution >= 4 is 11.6 Å². The van der Waals surface area contributed by atoms with E-state index >= 15 is 0 Å². The van der Waals surface area contributed by atoms with Crippen LogP contribution in [-0.2, 0) is 9.53 Å². The molecule has 4 nitrogen and oxygen atoms in total. The molecule has 17 heavy (non-hydrogen) atoms. The maximum Gasteiger partial charge on any atom is 0.252 e. The summed E-state index contributed by atoms with van der Waals surface area (Å²) in [4.78, 5) is 13.3. The van der Waals surface area contributed by atoms with Crippen LogP contribution in [0.2, 0.25) is 0 Å². The zero-order valence-electron chi connectivity index (χ0n) is 10.3. The van der Waals surface area contributed by atoms with Crippen LogP contribution in [0.1, 0.15) is 19.4 Å². The highest BCUT2D eigenvalue weighted by atomic mass is 16.5. The lowest BCUT2D eigenvalue weighted by atomic mass is 10.2. The summed E-state index contributed by atoms with van der Waals surface area (Å²) in [5.41, 5.74) is 1.33. The van der Waals surface area contributed by atoms with E-state index in [0.717, 1.165) is 5.69 Å². The van der Waals surface area contributed by atoms with E-state index in [9.17, 15) is 4.79 Å². The first-order valence-electron chi connectivity index (χ1n) is 5.43. The number of nitrogens with zero attached hydrogens (tertiary/aromatic N) is 2. The van der Waals surface area contributed by atoms with Gasteiger partial charge in [-0.3, -0.25) is 4.79 Å². The normalized spacial score (nSPS) is 10.1. The molecule has 0 aliphatic carbocycles. The number of anilines is 1. The summed E-state index contributed by atoms with van der Waals surface area (Å²) >= 11 is 0. The van der Waals surface area contributed by atoms with Gasteiger partial charge in [-0.1, -0.05) is 0 Å². The Kier molecular flexibility index (Phi) is 4.68. The van der Waals surface area contributed by atoms with E-state index in [2.05, 4.69) is 0 Å². The van der Waals surface area contributed by atoms with Gasteiger partial charge in [0.15, 0.2) is 0 Å². The van der Waals surface area contributed by atoms with E-state index in [-0.39, 0.29) is 18.6 Å². The van der Waals surface area contributed by atoms with E-state index < -0.39 is 0 Å². The number of carbonyl (C=O) groups excluding carboxylic acids is 1. The van der Waals surface area contributed by atoms with Gasteiger partial charge in [-0.2, -0.15) is 5.26 Å². The van der Waals surface area contributed by atoms with Crippen LogP contribution >= 0.6 is 0 Å². The first kappa shape index (κ1) is 13.2. The van der Waals surface area contributed by atoms with Crippen LogP contribution in [0.3, 0.4) is 0 Å². The van der Waals surface area contributed by atoms with Crippen LogP contribution in [0.15, 0.2) is 24.3 Å². The number of hydrogen-bond acceptors (Lipinski definition) is 3. The van der Waals surface area contributed by atoms with Gasteiger partial charge in [0.1, 0.15) is 6.61 Å². The lowest BCUT2D eigenvalue weighted by Gasteiger charge is -2.18. The highest BCUT2D eigenvalue weighted by Gasteiger charge is 2.11. The molecule has 0 aliphatic heterocycles. The van der Waals surface area contributed by atoms with E-state index in [0.29, 0.717) is 5.56 Å². The van der Waals surface area contributed by atoms with Crippen molar-refractivity contribution in [2.45, 2.75) is 20.0 Å². The molecule has 1 amide bonds. The second-order valence-electron chi connectivity index (χ2n) is 3.97. The Balaban J connectivity index is 2.65.